The smallest absolute Gasteiger partial charge is 0.319 e. The molecule has 3 heterocycles. The van der Waals surface area contributed by atoms with Crippen molar-refractivity contribution in [3.8, 4) is 0 Å². The van der Waals surface area contributed by atoms with Crippen molar-refractivity contribution in [2.45, 2.75) is 50.1 Å². The Morgan fingerprint density at radius 3 is 2.77 bits per heavy atom. The number of likely N-dealkylation sites (tertiary alicyclic amines) is 1. The topological polar surface area (TPSA) is 77.8 Å². The van der Waals surface area contributed by atoms with Crippen molar-refractivity contribution in [1.82, 2.24) is 15.1 Å². The maximum absolute atomic E-state index is 13.2. The summed E-state index contributed by atoms with van der Waals surface area (Å²) in [4.78, 5) is 29.6. The number of benzene rings is 1. The third-order valence-electron chi connectivity index (χ3n) is 6.98. The van der Waals surface area contributed by atoms with Gasteiger partial charge in [0.25, 0.3) is 5.91 Å². The Labute approximate surface area is 180 Å². The molecule has 160 valence electrons. The van der Waals surface area contributed by atoms with Crippen molar-refractivity contribution in [2.24, 2.45) is 0 Å². The number of anilines is 1. The molecule has 1 aromatic carbocycles. The van der Waals surface area contributed by atoms with Crippen LogP contribution in [0.1, 0.15) is 54.6 Å². The Bertz CT molecular complexity index is 1030. The third kappa shape index (κ3) is 3.06. The van der Waals surface area contributed by atoms with Crippen molar-refractivity contribution in [1.29, 1.82) is 0 Å². The van der Waals surface area contributed by atoms with Crippen LogP contribution >= 0.6 is 11.6 Å². The number of carbonyl (C=O) groups excluding carboxylic acids is 2. The minimum atomic E-state index is -0.503. The van der Waals surface area contributed by atoms with Crippen molar-refractivity contribution in [3.05, 3.63) is 28.5 Å². The van der Waals surface area contributed by atoms with E-state index in [2.05, 4.69) is 22.6 Å². The molecule has 1 aliphatic carbocycles. The Balaban J connectivity index is 1.59. The zero-order valence-electron chi connectivity index (χ0n) is 17.4. The van der Waals surface area contributed by atoms with Crippen LogP contribution < -0.4 is 10.6 Å². The summed E-state index contributed by atoms with van der Waals surface area (Å²) in [5.41, 5.74) is 1.63. The lowest BCUT2D eigenvalue weighted by Gasteiger charge is -2.42. The quantitative estimate of drug-likeness (QED) is 0.750. The molecular weight excluding hydrogens is 404 g/mol. The zero-order valence-corrected chi connectivity index (χ0v) is 18.1. The highest BCUT2D eigenvalue weighted by atomic mass is 35.5. The van der Waals surface area contributed by atoms with Crippen LogP contribution in [0, 0.1) is 0 Å². The van der Waals surface area contributed by atoms with Gasteiger partial charge in [0.2, 0.25) is 0 Å². The second-order valence-corrected chi connectivity index (χ2v) is 9.39. The number of fused-ring (bicyclic) bond motifs is 4. The molecule has 7 nitrogen and oxygen atoms in total. The van der Waals surface area contributed by atoms with Crippen LogP contribution in [0.2, 0.25) is 5.02 Å². The molecule has 2 fully saturated rings. The molecule has 2 aromatic rings. The minimum absolute atomic E-state index is 0.123. The molecule has 1 aromatic heterocycles. The Morgan fingerprint density at radius 1 is 1.30 bits per heavy atom. The highest BCUT2D eigenvalue weighted by molar-refractivity contribution is 6.35. The summed E-state index contributed by atoms with van der Waals surface area (Å²) < 4.78 is 6.20. The van der Waals surface area contributed by atoms with Crippen molar-refractivity contribution in [3.63, 3.8) is 0 Å². The van der Waals surface area contributed by atoms with Crippen LogP contribution in [-0.4, -0.2) is 55.0 Å². The molecule has 30 heavy (non-hydrogen) atoms. The van der Waals surface area contributed by atoms with Gasteiger partial charge < -0.3 is 24.9 Å². The Kier molecular flexibility index (Phi) is 4.71. The lowest BCUT2D eigenvalue weighted by atomic mass is 9.74. The molecule has 5 rings (SSSR count). The first-order chi connectivity index (χ1) is 14.4. The summed E-state index contributed by atoms with van der Waals surface area (Å²) in [5, 5.41) is 7.28. The Morgan fingerprint density at radius 2 is 2.07 bits per heavy atom. The van der Waals surface area contributed by atoms with Gasteiger partial charge in [-0.05, 0) is 45.0 Å². The van der Waals surface area contributed by atoms with Gasteiger partial charge in [0, 0.05) is 30.6 Å². The van der Waals surface area contributed by atoms with Crippen molar-refractivity contribution >= 4 is 40.2 Å². The van der Waals surface area contributed by atoms with Gasteiger partial charge in [-0.15, -0.1) is 0 Å². The van der Waals surface area contributed by atoms with E-state index in [-0.39, 0.29) is 18.0 Å². The summed E-state index contributed by atoms with van der Waals surface area (Å²) in [6.45, 7) is 1.85. The summed E-state index contributed by atoms with van der Waals surface area (Å²) in [7, 11) is 3.91. The number of carbonyl (C=O) groups is 2. The van der Waals surface area contributed by atoms with Crippen LogP contribution in [0.25, 0.3) is 11.0 Å². The number of halogens is 1. The number of hydrogen-bond donors (Lipinski definition) is 2. The molecule has 0 radical (unpaired) electrons. The first kappa shape index (κ1) is 19.7. The van der Waals surface area contributed by atoms with E-state index in [1.807, 2.05) is 7.05 Å². The average molecular weight is 431 g/mol. The fourth-order valence-electron chi connectivity index (χ4n) is 5.36. The fourth-order valence-corrected chi connectivity index (χ4v) is 5.62. The molecule has 2 N–H and O–H groups in total. The predicted molar refractivity (Wildman–Crippen MR) is 116 cm³/mol. The van der Waals surface area contributed by atoms with E-state index < -0.39 is 5.54 Å². The third-order valence-corrected chi connectivity index (χ3v) is 7.28. The first-order valence-corrected chi connectivity index (χ1v) is 11.1. The largest absolute Gasteiger partial charge is 0.450 e. The molecular formula is C22H27ClN4O3. The van der Waals surface area contributed by atoms with Crippen LogP contribution in [-0.2, 0) is 5.54 Å². The maximum atomic E-state index is 13.2. The standard InChI is InChI=1S/C22H27ClN4O3/c1-26-9-6-14(12-26)27(2)20(28)16-11-13-10-15(23)18-17(19(13)30-16)22(25-21(29)24-18)7-4-3-5-8-22/h10-11,14H,3-9,12H2,1-2H3,(H2,24,25,29). The van der Waals surface area contributed by atoms with E-state index in [4.69, 9.17) is 16.0 Å². The van der Waals surface area contributed by atoms with E-state index in [1.165, 1.54) is 0 Å². The number of hydrogen-bond acceptors (Lipinski definition) is 4. The number of likely N-dealkylation sites (N-methyl/N-ethyl adjacent to an activating group) is 2. The molecule has 1 saturated heterocycles. The Hall–Kier alpha value is -2.25. The normalized spacial score (nSPS) is 23.3. The lowest BCUT2D eigenvalue weighted by molar-refractivity contribution is 0.0707. The van der Waals surface area contributed by atoms with Crippen molar-refractivity contribution < 1.29 is 14.0 Å². The molecule has 3 amide bonds. The van der Waals surface area contributed by atoms with Gasteiger partial charge in [0.05, 0.1) is 16.2 Å². The van der Waals surface area contributed by atoms with Crippen LogP contribution in [0.5, 0.6) is 0 Å². The molecule has 3 aliphatic rings. The summed E-state index contributed by atoms with van der Waals surface area (Å²) >= 11 is 6.57. The summed E-state index contributed by atoms with van der Waals surface area (Å²) in [5.74, 6) is 0.191. The number of nitrogens with one attached hydrogen (secondary N) is 2. The number of amides is 3. The zero-order chi connectivity index (χ0) is 21.0. The van der Waals surface area contributed by atoms with E-state index in [0.29, 0.717) is 22.1 Å². The molecule has 2 aliphatic heterocycles. The summed E-state index contributed by atoms with van der Waals surface area (Å²) in [6.07, 6.45) is 5.82. The average Bonchev–Trinajstić information content (AvgIpc) is 3.33. The molecule has 1 spiro atoms. The first-order valence-electron chi connectivity index (χ1n) is 10.7. The van der Waals surface area contributed by atoms with E-state index in [1.54, 1.807) is 17.0 Å². The van der Waals surface area contributed by atoms with Crippen LogP contribution in [0.15, 0.2) is 16.5 Å². The number of nitrogens with zero attached hydrogens (tertiary/aromatic N) is 2. The summed E-state index contributed by atoms with van der Waals surface area (Å²) in [6, 6.07) is 3.51. The second-order valence-electron chi connectivity index (χ2n) is 8.98. The molecule has 8 heteroatoms. The SMILES string of the molecule is CN1CCC(N(C)C(=O)c2cc3cc(Cl)c4c(c3o2)C2(CCCCC2)NC(=O)N4)C1. The van der Waals surface area contributed by atoms with E-state index >= 15 is 0 Å². The predicted octanol–water partition coefficient (Wildman–Crippen LogP) is 4.16. The molecule has 1 atom stereocenters. The lowest BCUT2D eigenvalue weighted by Crippen LogP contribution is -2.52. The van der Waals surface area contributed by atoms with E-state index in [9.17, 15) is 9.59 Å². The minimum Gasteiger partial charge on any atom is -0.450 e. The van der Waals surface area contributed by atoms with Gasteiger partial charge in [-0.25, -0.2) is 4.79 Å². The van der Waals surface area contributed by atoms with Gasteiger partial charge in [-0.2, -0.15) is 0 Å². The highest BCUT2D eigenvalue weighted by Crippen LogP contribution is 2.49. The molecule has 0 bridgehead atoms. The maximum Gasteiger partial charge on any atom is 0.319 e. The van der Waals surface area contributed by atoms with Crippen LogP contribution in [0.4, 0.5) is 10.5 Å². The van der Waals surface area contributed by atoms with Gasteiger partial charge in [-0.1, -0.05) is 30.9 Å². The van der Waals surface area contributed by atoms with Gasteiger partial charge >= 0.3 is 6.03 Å². The fraction of sp³-hybridized carbons (Fsp3) is 0.545. The van der Waals surface area contributed by atoms with Crippen LogP contribution in [0.3, 0.4) is 0 Å². The second kappa shape index (κ2) is 7.17. The number of furan rings is 1. The number of urea groups is 1. The van der Waals surface area contributed by atoms with E-state index in [0.717, 1.165) is 62.6 Å². The number of rotatable bonds is 2. The van der Waals surface area contributed by atoms with Crippen molar-refractivity contribution in [2.75, 3.05) is 32.5 Å². The molecule has 1 saturated carbocycles. The van der Waals surface area contributed by atoms with Gasteiger partial charge in [0.15, 0.2) is 5.76 Å². The highest BCUT2D eigenvalue weighted by Gasteiger charge is 2.44. The van der Waals surface area contributed by atoms with Gasteiger partial charge in [0.1, 0.15) is 5.58 Å². The molecule has 1 unspecified atom stereocenters. The monoisotopic (exact) mass is 430 g/mol. The van der Waals surface area contributed by atoms with Gasteiger partial charge in [-0.3, -0.25) is 4.79 Å².